The van der Waals surface area contributed by atoms with E-state index in [4.69, 9.17) is 31.7 Å². The van der Waals surface area contributed by atoms with Gasteiger partial charge in [-0.1, -0.05) is 11.6 Å². The molecule has 8 heteroatoms. The highest BCUT2D eigenvalue weighted by molar-refractivity contribution is 6.31. The maximum atomic E-state index is 9.10. The number of aliphatic hydroxyl groups excluding tert-OH is 1. The fourth-order valence-corrected chi connectivity index (χ4v) is 4.22. The van der Waals surface area contributed by atoms with Gasteiger partial charge in [0.1, 0.15) is 11.6 Å². The summed E-state index contributed by atoms with van der Waals surface area (Å²) in [5, 5.41) is 14.4. The Morgan fingerprint density at radius 2 is 1.72 bits per heavy atom. The van der Waals surface area contributed by atoms with E-state index in [1.165, 1.54) is 19.3 Å². The van der Waals surface area contributed by atoms with Crippen molar-refractivity contribution in [1.82, 2.24) is 19.9 Å². The van der Waals surface area contributed by atoms with Gasteiger partial charge < -0.3 is 15.3 Å². The van der Waals surface area contributed by atoms with Crippen LogP contribution in [0.2, 0.25) is 5.02 Å². The van der Waals surface area contributed by atoms with E-state index in [0.717, 1.165) is 85.9 Å². The Balaban J connectivity index is 1.40. The molecule has 1 aliphatic heterocycles. The second-order valence-electron chi connectivity index (χ2n) is 8.25. The molecule has 0 saturated carbocycles. The molecule has 0 bridgehead atoms. The molecule has 2 aromatic heterocycles. The van der Waals surface area contributed by atoms with Gasteiger partial charge in [0.15, 0.2) is 0 Å². The molecule has 170 valence electrons. The number of nitrogens with one attached hydrogen (secondary N) is 1. The van der Waals surface area contributed by atoms with Crippen molar-refractivity contribution in [2.45, 2.75) is 51.4 Å². The monoisotopic (exact) mass is 454 g/mol. The summed E-state index contributed by atoms with van der Waals surface area (Å²) in [5.41, 5.74) is 1.94. The van der Waals surface area contributed by atoms with Gasteiger partial charge in [-0.25, -0.2) is 4.98 Å². The Hall–Kier alpha value is -2.51. The molecule has 0 amide bonds. The number of aliphatic hydroxyl groups is 1. The number of pyridine rings is 1. The topological polar surface area (TPSA) is 87.1 Å². The Labute approximate surface area is 194 Å². The fourth-order valence-electron chi connectivity index (χ4n) is 4.05. The van der Waals surface area contributed by atoms with Crippen LogP contribution in [0.25, 0.3) is 10.9 Å². The number of aryl methyl sites for hydroxylation is 2. The van der Waals surface area contributed by atoms with Crippen molar-refractivity contribution in [2.24, 2.45) is 0 Å². The molecule has 1 aromatic carbocycles. The van der Waals surface area contributed by atoms with E-state index in [0.29, 0.717) is 5.02 Å². The average molecular weight is 455 g/mol. The van der Waals surface area contributed by atoms with Crippen molar-refractivity contribution >= 4 is 34.1 Å². The minimum Gasteiger partial charge on any atom is -0.396 e. The highest BCUT2D eigenvalue weighted by Crippen LogP contribution is 2.24. The second-order valence-corrected chi connectivity index (χ2v) is 8.68. The van der Waals surface area contributed by atoms with Crippen LogP contribution >= 0.6 is 11.6 Å². The van der Waals surface area contributed by atoms with Crippen molar-refractivity contribution in [3.63, 3.8) is 0 Å². The number of anilines is 2. The average Bonchev–Trinajstić information content (AvgIpc) is 2.82. The number of hydrogen-bond acceptors (Lipinski definition) is 7. The number of halogens is 1. The third kappa shape index (κ3) is 6.04. The molecule has 0 radical (unpaired) electrons. The number of piperidine rings is 1. The molecular weight excluding hydrogens is 424 g/mol. The quantitative estimate of drug-likeness (QED) is 0.438. The highest BCUT2D eigenvalue weighted by atomic mass is 35.5. The summed E-state index contributed by atoms with van der Waals surface area (Å²) in [7, 11) is 0. The van der Waals surface area contributed by atoms with Gasteiger partial charge in [0.25, 0.3) is 0 Å². The first-order valence-corrected chi connectivity index (χ1v) is 12.0. The van der Waals surface area contributed by atoms with Gasteiger partial charge in [0.2, 0.25) is 5.95 Å². The standard InChI is InChI=1S/C24H31ClN6O/c25-18-9-10-19-20(11-13-27-21(19)17-18)26-12-6-8-23-28-22(7-2-5-16-32)29-24(30-23)31-14-3-1-4-15-31/h9-11,13,17,32H,1-8,12,14-16H2,(H,26,27). The molecule has 1 aliphatic rings. The van der Waals surface area contributed by atoms with Gasteiger partial charge in [0.05, 0.1) is 5.52 Å². The minimum absolute atomic E-state index is 0.207. The first-order chi connectivity index (χ1) is 15.7. The largest absolute Gasteiger partial charge is 0.396 e. The van der Waals surface area contributed by atoms with Gasteiger partial charge in [-0.2, -0.15) is 9.97 Å². The van der Waals surface area contributed by atoms with Gasteiger partial charge >= 0.3 is 0 Å². The van der Waals surface area contributed by atoms with Crippen LogP contribution in [0, 0.1) is 0 Å². The van der Waals surface area contributed by atoms with E-state index in [2.05, 4.69) is 15.2 Å². The van der Waals surface area contributed by atoms with Gasteiger partial charge in [-0.05, 0) is 62.8 Å². The van der Waals surface area contributed by atoms with Crippen LogP contribution in [0.3, 0.4) is 0 Å². The van der Waals surface area contributed by atoms with E-state index in [9.17, 15) is 0 Å². The van der Waals surface area contributed by atoms with E-state index < -0.39 is 0 Å². The zero-order valence-electron chi connectivity index (χ0n) is 18.4. The van der Waals surface area contributed by atoms with E-state index in [1.54, 1.807) is 6.20 Å². The number of hydrogen-bond donors (Lipinski definition) is 2. The summed E-state index contributed by atoms with van der Waals surface area (Å²) < 4.78 is 0. The number of fused-ring (bicyclic) bond motifs is 1. The molecule has 3 aromatic rings. The predicted molar refractivity (Wildman–Crippen MR) is 129 cm³/mol. The number of rotatable bonds is 10. The van der Waals surface area contributed by atoms with E-state index in [1.807, 2.05) is 24.3 Å². The Bertz CT molecular complexity index is 1020. The lowest BCUT2D eigenvalue weighted by Gasteiger charge is -2.27. The van der Waals surface area contributed by atoms with Crippen molar-refractivity contribution < 1.29 is 5.11 Å². The molecule has 0 aliphatic carbocycles. The lowest BCUT2D eigenvalue weighted by molar-refractivity contribution is 0.284. The molecule has 3 heterocycles. The van der Waals surface area contributed by atoms with Crippen LogP contribution in [-0.2, 0) is 12.8 Å². The molecule has 32 heavy (non-hydrogen) atoms. The Morgan fingerprint density at radius 1 is 0.938 bits per heavy atom. The zero-order valence-corrected chi connectivity index (χ0v) is 19.2. The summed E-state index contributed by atoms with van der Waals surface area (Å²) >= 11 is 6.09. The Kier molecular flexibility index (Phi) is 8.07. The third-order valence-corrected chi connectivity index (χ3v) is 6.00. The lowest BCUT2D eigenvalue weighted by atomic mass is 10.1. The summed E-state index contributed by atoms with van der Waals surface area (Å²) in [5.74, 6) is 2.51. The lowest BCUT2D eigenvalue weighted by Crippen LogP contribution is -2.31. The van der Waals surface area contributed by atoms with Crippen LogP contribution < -0.4 is 10.2 Å². The summed E-state index contributed by atoms with van der Waals surface area (Å²) in [6.45, 7) is 3.05. The molecule has 0 spiro atoms. The molecule has 1 fully saturated rings. The van der Waals surface area contributed by atoms with Crippen LogP contribution in [0.4, 0.5) is 11.6 Å². The highest BCUT2D eigenvalue weighted by Gasteiger charge is 2.16. The molecule has 0 atom stereocenters. The first-order valence-electron chi connectivity index (χ1n) is 11.6. The van der Waals surface area contributed by atoms with Crippen molar-refractivity contribution in [1.29, 1.82) is 0 Å². The van der Waals surface area contributed by atoms with Gasteiger partial charge in [0, 0.05) is 61.4 Å². The van der Waals surface area contributed by atoms with E-state index >= 15 is 0 Å². The maximum absolute atomic E-state index is 9.10. The fraction of sp³-hybridized carbons (Fsp3) is 0.500. The van der Waals surface area contributed by atoms with Crippen molar-refractivity contribution in [2.75, 3.05) is 36.5 Å². The van der Waals surface area contributed by atoms with Crippen LogP contribution in [-0.4, -0.2) is 51.3 Å². The molecule has 4 rings (SSSR count). The van der Waals surface area contributed by atoms with Gasteiger partial charge in [-0.15, -0.1) is 0 Å². The summed E-state index contributed by atoms with van der Waals surface area (Å²) in [6.07, 6.45) is 9.60. The summed E-state index contributed by atoms with van der Waals surface area (Å²) in [4.78, 5) is 20.9. The molecule has 0 unspecified atom stereocenters. The number of benzene rings is 1. The normalized spacial score (nSPS) is 14.1. The zero-order chi connectivity index (χ0) is 22.2. The maximum Gasteiger partial charge on any atom is 0.228 e. The molecule has 2 N–H and O–H groups in total. The van der Waals surface area contributed by atoms with Crippen molar-refractivity contribution in [3.05, 3.63) is 47.1 Å². The predicted octanol–water partition coefficient (Wildman–Crippen LogP) is 4.42. The minimum atomic E-state index is 0.207. The third-order valence-electron chi connectivity index (χ3n) is 5.76. The number of unbranched alkanes of at least 4 members (excludes halogenated alkanes) is 1. The molecular formula is C24H31ClN6O. The number of nitrogens with zero attached hydrogens (tertiary/aromatic N) is 5. The summed E-state index contributed by atoms with van der Waals surface area (Å²) in [6, 6.07) is 7.77. The molecule has 7 nitrogen and oxygen atoms in total. The van der Waals surface area contributed by atoms with Gasteiger partial charge in [-0.3, -0.25) is 4.98 Å². The van der Waals surface area contributed by atoms with Crippen LogP contribution in [0.1, 0.15) is 50.2 Å². The van der Waals surface area contributed by atoms with Crippen LogP contribution in [0.5, 0.6) is 0 Å². The second kappa shape index (κ2) is 11.4. The van der Waals surface area contributed by atoms with E-state index in [-0.39, 0.29) is 6.61 Å². The number of aromatic nitrogens is 4. The van der Waals surface area contributed by atoms with Crippen molar-refractivity contribution in [3.8, 4) is 0 Å². The smallest absolute Gasteiger partial charge is 0.228 e. The SMILES string of the molecule is OCCCCc1nc(CCCNc2ccnc3cc(Cl)ccc23)nc(N2CCCCC2)n1. The Morgan fingerprint density at radius 3 is 2.50 bits per heavy atom. The first kappa shape index (κ1) is 22.7. The van der Waals surface area contributed by atoms with Crippen LogP contribution in [0.15, 0.2) is 30.5 Å². The molecule has 1 saturated heterocycles.